The third-order valence-electron chi connectivity index (χ3n) is 2.89. The first kappa shape index (κ1) is 15.8. The normalized spacial score (nSPS) is 10.2. The first-order valence-corrected chi connectivity index (χ1v) is 6.31. The number of fused-ring (bicyclic) bond motifs is 1. The van der Waals surface area contributed by atoms with Crippen LogP contribution in [0.25, 0.3) is 10.8 Å². The molecule has 0 unspecified atom stereocenters. The maximum Gasteiger partial charge on any atom is 0.124 e. The van der Waals surface area contributed by atoms with E-state index in [1.165, 1.54) is 10.8 Å². The molecule has 0 aliphatic heterocycles. The second-order valence-corrected chi connectivity index (χ2v) is 4.10. The Hall–Kier alpha value is -1.29. The Labute approximate surface area is 120 Å². The van der Waals surface area contributed by atoms with E-state index in [0.29, 0.717) is 19.7 Å². The van der Waals surface area contributed by atoms with Crippen molar-refractivity contribution >= 4 is 23.2 Å². The van der Waals surface area contributed by atoms with Crippen LogP contribution in [0.15, 0.2) is 36.4 Å². The standard InChI is InChI=1S/C15H19NO2.ClH/c1-2-18-15-8-7-12-5-3-4-6-13(12)14(15)11-16-9-10-17;/h3-8,16-17H,2,9-11H2,1H3;1H. The molecule has 0 bridgehead atoms. The molecule has 19 heavy (non-hydrogen) atoms. The topological polar surface area (TPSA) is 41.5 Å². The van der Waals surface area contributed by atoms with Gasteiger partial charge in [-0.2, -0.15) is 0 Å². The van der Waals surface area contributed by atoms with Crippen molar-refractivity contribution in [3.63, 3.8) is 0 Å². The Kier molecular flexibility index (Phi) is 6.64. The van der Waals surface area contributed by atoms with Crippen molar-refractivity contribution in [3.05, 3.63) is 42.0 Å². The number of ether oxygens (including phenoxy) is 1. The summed E-state index contributed by atoms with van der Waals surface area (Å²) in [4.78, 5) is 0. The van der Waals surface area contributed by atoms with Gasteiger partial charge in [-0.05, 0) is 23.8 Å². The zero-order valence-corrected chi connectivity index (χ0v) is 11.9. The lowest BCUT2D eigenvalue weighted by atomic mass is 10.0. The van der Waals surface area contributed by atoms with E-state index in [1.807, 2.05) is 25.1 Å². The summed E-state index contributed by atoms with van der Waals surface area (Å²) in [7, 11) is 0. The van der Waals surface area contributed by atoms with Crippen molar-refractivity contribution < 1.29 is 9.84 Å². The van der Waals surface area contributed by atoms with Crippen LogP contribution in [-0.2, 0) is 6.54 Å². The molecule has 0 spiro atoms. The summed E-state index contributed by atoms with van der Waals surface area (Å²) in [6.45, 7) is 4.09. The predicted octanol–water partition coefficient (Wildman–Crippen LogP) is 2.74. The number of nitrogens with one attached hydrogen (secondary N) is 1. The zero-order chi connectivity index (χ0) is 12.8. The van der Waals surface area contributed by atoms with E-state index < -0.39 is 0 Å². The summed E-state index contributed by atoms with van der Waals surface area (Å²) < 4.78 is 5.67. The van der Waals surface area contributed by atoms with Gasteiger partial charge >= 0.3 is 0 Å². The highest BCUT2D eigenvalue weighted by molar-refractivity contribution is 5.87. The lowest BCUT2D eigenvalue weighted by molar-refractivity contribution is 0.291. The van der Waals surface area contributed by atoms with Crippen LogP contribution in [0.2, 0.25) is 0 Å². The number of hydrogen-bond donors (Lipinski definition) is 2. The third kappa shape index (κ3) is 3.83. The number of halogens is 1. The van der Waals surface area contributed by atoms with Gasteiger partial charge in [0.05, 0.1) is 13.2 Å². The molecule has 0 saturated heterocycles. The number of rotatable bonds is 6. The number of hydrogen-bond acceptors (Lipinski definition) is 3. The van der Waals surface area contributed by atoms with E-state index in [-0.39, 0.29) is 19.0 Å². The molecule has 0 fully saturated rings. The van der Waals surface area contributed by atoms with Gasteiger partial charge in [0.1, 0.15) is 5.75 Å². The van der Waals surface area contributed by atoms with Gasteiger partial charge in [0.15, 0.2) is 0 Å². The summed E-state index contributed by atoms with van der Waals surface area (Å²) in [6.07, 6.45) is 0. The lowest BCUT2D eigenvalue weighted by Crippen LogP contribution is -2.18. The van der Waals surface area contributed by atoms with Gasteiger partial charge < -0.3 is 15.2 Å². The predicted molar refractivity (Wildman–Crippen MR) is 81.2 cm³/mol. The van der Waals surface area contributed by atoms with Crippen molar-refractivity contribution in [1.82, 2.24) is 5.32 Å². The van der Waals surface area contributed by atoms with Crippen LogP contribution in [0, 0.1) is 0 Å². The van der Waals surface area contributed by atoms with Gasteiger partial charge in [-0.15, -0.1) is 12.4 Å². The van der Waals surface area contributed by atoms with Crippen molar-refractivity contribution in [2.24, 2.45) is 0 Å². The minimum Gasteiger partial charge on any atom is -0.494 e. The largest absolute Gasteiger partial charge is 0.494 e. The number of aliphatic hydroxyl groups is 1. The Morgan fingerprint density at radius 2 is 1.95 bits per heavy atom. The Balaban J connectivity index is 0.00000180. The van der Waals surface area contributed by atoms with Gasteiger partial charge in [0.25, 0.3) is 0 Å². The Morgan fingerprint density at radius 3 is 2.68 bits per heavy atom. The summed E-state index contributed by atoms with van der Waals surface area (Å²) >= 11 is 0. The van der Waals surface area contributed by atoms with Crippen LogP contribution in [0.3, 0.4) is 0 Å². The van der Waals surface area contributed by atoms with E-state index in [1.54, 1.807) is 0 Å². The molecule has 0 aromatic heterocycles. The monoisotopic (exact) mass is 281 g/mol. The number of benzene rings is 2. The van der Waals surface area contributed by atoms with Crippen LogP contribution < -0.4 is 10.1 Å². The molecule has 0 amide bonds. The summed E-state index contributed by atoms with van der Waals surface area (Å²) in [5.74, 6) is 0.918. The van der Waals surface area contributed by atoms with E-state index in [4.69, 9.17) is 9.84 Å². The van der Waals surface area contributed by atoms with E-state index >= 15 is 0 Å². The highest BCUT2D eigenvalue weighted by atomic mass is 35.5. The van der Waals surface area contributed by atoms with E-state index in [2.05, 4.69) is 23.5 Å². The number of aliphatic hydroxyl groups excluding tert-OH is 1. The molecule has 0 saturated carbocycles. The molecule has 0 atom stereocenters. The molecule has 0 aliphatic carbocycles. The average molecular weight is 282 g/mol. The van der Waals surface area contributed by atoms with Crippen LogP contribution in [0.5, 0.6) is 5.75 Å². The van der Waals surface area contributed by atoms with Gasteiger partial charge in [0.2, 0.25) is 0 Å². The van der Waals surface area contributed by atoms with Crippen LogP contribution >= 0.6 is 12.4 Å². The van der Waals surface area contributed by atoms with E-state index in [9.17, 15) is 0 Å². The second kappa shape index (κ2) is 8.00. The van der Waals surface area contributed by atoms with Crippen LogP contribution in [-0.4, -0.2) is 24.9 Å². The average Bonchev–Trinajstić information content (AvgIpc) is 2.41. The Bertz CT molecular complexity index is 516. The first-order valence-electron chi connectivity index (χ1n) is 6.31. The molecule has 2 aromatic carbocycles. The van der Waals surface area contributed by atoms with Crippen molar-refractivity contribution in [2.75, 3.05) is 19.8 Å². The van der Waals surface area contributed by atoms with Crippen LogP contribution in [0.1, 0.15) is 12.5 Å². The van der Waals surface area contributed by atoms with Crippen molar-refractivity contribution in [1.29, 1.82) is 0 Å². The highest BCUT2D eigenvalue weighted by Crippen LogP contribution is 2.28. The first-order chi connectivity index (χ1) is 8.86. The van der Waals surface area contributed by atoms with Gasteiger partial charge in [-0.25, -0.2) is 0 Å². The molecule has 2 rings (SSSR count). The molecule has 0 heterocycles. The van der Waals surface area contributed by atoms with Gasteiger partial charge in [0, 0.05) is 18.7 Å². The fraction of sp³-hybridized carbons (Fsp3) is 0.333. The Morgan fingerprint density at radius 1 is 1.16 bits per heavy atom. The fourth-order valence-corrected chi connectivity index (χ4v) is 2.08. The van der Waals surface area contributed by atoms with Gasteiger partial charge in [-0.3, -0.25) is 0 Å². The van der Waals surface area contributed by atoms with Crippen LogP contribution in [0.4, 0.5) is 0 Å². The summed E-state index contributed by atoms with van der Waals surface area (Å²) in [5, 5.41) is 14.5. The minimum atomic E-state index is 0. The quantitative estimate of drug-likeness (QED) is 0.800. The molecule has 0 aliphatic rings. The smallest absolute Gasteiger partial charge is 0.124 e. The van der Waals surface area contributed by atoms with Crippen molar-refractivity contribution in [3.8, 4) is 5.75 Å². The molecule has 2 aromatic rings. The lowest BCUT2D eigenvalue weighted by Gasteiger charge is -2.13. The molecule has 0 radical (unpaired) electrons. The third-order valence-corrected chi connectivity index (χ3v) is 2.89. The molecule has 3 nitrogen and oxygen atoms in total. The molecule has 104 valence electrons. The fourth-order valence-electron chi connectivity index (χ4n) is 2.08. The highest BCUT2D eigenvalue weighted by Gasteiger charge is 2.07. The van der Waals surface area contributed by atoms with Crippen molar-refractivity contribution in [2.45, 2.75) is 13.5 Å². The van der Waals surface area contributed by atoms with Gasteiger partial charge in [-0.1, -0.05) is 30.3 Å². The summed E-state index contributed by atoms with van der Waals surface area (Å²) in [5.41, 5.74) is 1.16. The molecule has 4 heteroatoms. The second-order valence-electron chi connectivity index (χ2n) is 4.10. The molecular weight excluding hydrogens is 262 g/mol. The molecule has 2 N–H and O–H groups in total. The summed E-state index contributed by atoms with van der Waals surface area (Å²) in [6, 6.07) is 12.4. The maximum absolute atomic E-state index is 8.84. The SMILES string of the molecule is CCOc1ccc2ccccc2c1CNCCO.Cl. The molecular formula is C15H20ClNO2. The zero-order valence-electron chi connectivity index (χ0n) is 11.1. The minimum absolute atomic E-state index is 0. The maximum atomic E-state index is 8.84. The van der Waals surface area contributed by atoms with E-state index in [0.717, 1.165) is 11.3 Å².